The number of carbonyl (C=O) groups is 2. The van der Waals surface area contributed by atoms with Gasteiger partial charge in [0.1, 0.15) is 0 Å². The number of allylic oxidation sites excluding steroid dienone is 1. The Morgan fingerprint density at radius 2 is 1.75 bits per heavy atom. The number of benzene rings is 1. The number of hydrogen-bond donors (Lipinski definition) is 1. The molecule has 0 aliphatic carbocycles. The summed E-state index contributed by atoms with van der Waals surface area (Å²) in [4.78, 5) is 22.2. The number of hydrogen-bond acceptors (Lipinski definition) is 3. The normalized spacial score (nSPS) is 11.8. The topological polar surface area (TPSA) is 63.6 Å². The van der Waals surface area contributed by atoms with Gasteiger partial charge in [-0.1, -0.05) is 29.8 Å². The summed E-state index contributed by atoms with van der Waals surface area (Å²) in [5, 5.41) is 8.99. The lowest BCUT2D eigenvalue weighted by Crippen LogP contribution is -2.05. The number of ether oxygens (including phenoxy) is 1. The van der Waals surface area contributed by atoms with E-state index in [1.165, 1.54) is 7.11 Å². The highest BCUT2D eigenvalue weighted by Crippen LogP contribution is 2.17. The summed E-state index contributed by atoms with van der Waals surface area (Å²) in [7, 11) is 1.37. The van der Waals surface area contributed by atoms with Gasteiger partial charge >= 0.3 is 11.9 Å². The van der Waals surface area contributed by atoms with E-state index in [1.807, 2.05) is 31.2 Å². The van der Waals surface area contributed by atoms with Crippen LogP contribution in [0.15, 0.2) is 35.4 Å². The third kappa shape index (κ3) is 4.53. The predicted octanol–water partition coefficient (Wildman–Crippen LogP) is 2.76. The molecule has 0 saturated carbocycles. The first kappa shape index (κ1) is 16.0. The van der Waals surface area contributed by atoms with Crippen LogP contribution in [0.1, 0.15) is 31.4 Å². The number of carboxylic acids is 1. The first-order valence-corrected chi connectivity index (χ1v) is 6.49. The van der Waals surface area contributed by atoms with Gasteiger partial charge in [0, 0.05) is 12.0 Å². The highest BCUT2D eigenvalue weighted by atomic mass is 16.5. The highest BCUT2D eigenvalue weighted by Gasteiger charge is 2.09. The van der Waals surface area contributed by atoms with Crippen LogP contribution >= 0.6 is 0 Å². The van der Waals surface area contributed by atoms with Gasteiger partial charge in [-0.15, -0.1) is 0 Å². The number of rotatable bonds is 6. The Kier molecular flexibility index (Phi) is 5.97. The van der Waals surface area contributed by atoms with Crippen LogP contribution in [0.2, 0.25) is 0 Å². The van der Waals surface area contributed by atoms with E-state index in [0.717, 1.165) is 16.7 Å². The molecule has 0 bridgehead atoms. The van der Waals surface area contributed by atoms with Crippen molar-refractivity contribution < 1.29 is 19.4 Å². The summed E-state index contributed by atoms with van der Waals surface area (Å²) in [6.07, 6.45) is 1.51. The van der Waals surface area contributed by atoms with Gasteiger partial charge in [0.25, 0.3) is 0 Å². The van der Waals surface area contributed by atoms with Gasteiger partial charge in [0.15, 0.2) is 0 Å². The van der Waals surface area contributed by atoms with Crippen molar-refractivity contribution in [3.05, 3.63) is 46.5 Å². The molecule has 0 unspecified atom stereocenters. The fraction of sp³-hybridized carbons (Fsp3) is 0.375. The largest absolute Gasteiger partial charge is 0.478 e. The Labute approximate surface area is 119 Å². The number of carbonyl (C=O) groups excluding carboxylic acids is 1. The van der Waals surface area contributed by atoms with Gasteiger partial charge in [-0.2, -0.15) is 0 Å². The van der Waals surface area contributed by atoms with Gasteiger partial charge in [0.05, 0.1) is 7.11 Å². The Bertz CT molecular complexity index is 529. The molecule has 0 aromatic heterocycles. The molecule has 0 amide bonds. The molecular formula is C16H20O4. The summed E-state index contributed by atoms with van der Waals surface area (Å²) in [6, 6.07) is 7.76. The predicted molar refractivity (Wildman–Crippen MR) is 76.5 cm³/mol. The summed E-state index contributed by atoms with van der Waals surface area (Å²) in [6.45, 7) is 3.43. The zero-order valence-corrected chi connectivity index (χ0v) is 12.1. The number of aliphatic carboxylic acids is 1. The first-order valence-electron chi connectivity index (χ1n) is 6.49. The summed E-state index contributed by atoms with van der Waals surface area (Å²) >= 11 is 0. The monoisotopic (exact) mass is 276 g/mol. The molecule has 0 atom stereocenters. The fourth-order valence-corrected chi connectivity index (χ4v) is 1.91. The summed E-state index contributed by atoms with van der Waals surface area (Å²) in [5.74, 6) is -1.14. The van der Waals surface area contributed by atoms with Crippen molar-refractivity contribution in [3.63, 3.8) is 0 Å². The quantitative estimate of drug-likeness (QED) is 0.641. The molecule has 108 valence electrons. The number of carboxylic acid groups (broad SMARTS) is 1. The molecule has 20 heavy (non-hydrogen) atoms. The zero-order chi connectivity index (χ0) is 15.1. The third-order valence-corrected chi connectivity index (χ3v) is 3.36. The molecule has 1 rings (SSSR count). The van der Waals surface area contributed by atoms with Gasteiger partial charge in [-0.3, -0.25) is 4.79 Å². The average Bonchev–Trinajstić information content (AvgIpc) is 2.44. The van der Waals surface area contributed by atoms with E-state index in [-0.39, 0.29) is 5.97 Å². The van der Waals surface area contributed by atoms with Gasteiger partial charge in [0.2, 0.25) is 0 Å². The molecule has 1 N–H and O–H groups in total. The van der Waals surface area contributed by atoms with Crippen LogP contribution in [-0.2, 0) is 27.2 Å². The summed E-state index contributed by atoms with van der Waals surface area (Å²) in [5.41, 5.74) is 3.29. The van der Waals surface area contributed by atoms with Crippen LogP contribution in [0.25, 0.3) is 0 Å². The van der Waals surface area contributed by atoms with Crippen molar-refractivity contribution >= 4 is 11.9 Å². The van der Waals surface area contributed by atoms with Crippen LogP contribution < -0.4 is 0 Å². The maximum Gasteiger partial charge on any atom is 0.331 e. The van der Waals surface area contributed by atoms with E-state index in [0.29, 0.717) is 24.8 Å². The standard InChI is InChI=1S/C16H20O4/c1-11(12(2)16(18)19)10-14-7-5-4-6-13(14)8-9-15(17)20-3/h4-7H,8-10H2,1-3H3,(H,18,19)/b12-11-. The molecule has 0 fully saturated rings. The lowest BCUT2D eigenvalue weighted by molar-refractivity contribution is -0.140. The van der Waals surface area contributed by atoms with Crippen LogP contribution in [-0.4, -0.2) is 24.2 Å². The highest BCUT2D eigenvalue weighted by molar-refractivity contribution is 5.86. The van der Waals surface area contributed by atoms with Crippen molar-refractivity contribution in [2.24, 2.45) is 0 Å². The molecular weight excluding hydrogens is 256 g/mol. The Morgan fingerprint density at radius 3 is 2.30 bits per heavy atom. The Balaban J connectivity index is 2.88. The molecule has 0 aliphatic rings. The lowest BCUT2D eigenvalue weighted by Gasteiger charge is -2.10. The SMILES string of the molecule is COC(=O)CCc1ccccc1C/C(C)=C(/C)C(=O)O. The zero-order valence-electron chi connectivity index (χ0n) is 12.1. The van der Waals surface area contributed by atoms with Crippen molar-refractivity contribution in [2.45, 2.75) is 33.1 Å². The van der Waals surface area contributed by atoms with Crippen LogP contribution in [0.3, 0.4) is 0 Å². The van der Waals surface area contributed by atoms with Crippen LogP contribution in [0.4, 0.5) is 0 Å². The fourth-order valence-electron chi connectivity index (χ4n) is 1.91. The molecule has 0 saturated heterocycles. The van der Waals surface area contributed by atoms with Crippen molar-refractivity contribution in [3.8, 4) is 0 Å². The lowest BCUT2D eigenvalue weighted by atomic mass is 9.95. The molecule has 0 heterocycles. The van der Waals surface area contributed by atoms with Gasteiger partial charge in [-0.05, 0) is 37.8 Å². The number of methoxy groups -OCH3 is 1. The van der Waals surface area contributed by atoms with Crippen molar-refractivity contribution in [1.82, 2.24) is 0 Å². The Morgan fingerprint density at radius 1 is 1.15 bits per heavy atom. The minimum absolute atomic E-state index is 0.242. The maximum atomic E-state index is 11.2. The minimum Gasteiger partial charge on any atom is -0.478 e. The second-order valence-corrected chi connectivity index (χ2v) is 4.73. The second kappa shape index (κ2) is 7.48. The van der Waals surface area contributed by atoms with E-state index in [2.05, 4.69) is 4.74 Å². The molecule has 1 aromatic carbocycles. The van der Waals surface area contributed by atoms with Crippen LogP contribution in [0, 0.1) is 0 Å². The number of esters is 1. The molecule has 4 heteroatoms. The smallest absolute Gasteiger partial charge is 0.331 e. The first-order chi connectivity index (χ1) is 9.45. The van der Waals surface area contributed by atoms with E-state index in [1.54, 1.807) is 6.92 Å². The molecule has 0 radical (unpaired) electrons. The Hall–Kier alpha value is -2.10. The molecule has 0 spiro atoms. The summed E-state index contributed by atoms with van der Waals surface area (Å²) < 4.78 is 4.64. The van der Waals surface area contributed by atoms with Crippen LogP contribution in [0.5, 0.6) is 0 Å². The van der Waals surface area contributed by atoms with Gasteiger partial charge in [-0.25, -0.2) is 4.79 Å². The molecule has 1 aromatic rings. The average molecular weight is 276 g/mol. The molecule has 4 nitrogen and oxygen atoms in total. The van der Waals surface area contributed by atoms with E-state index >= 15 is 0 Å². The number of aryl methyl sites for hydroxylation is 1. The van der Waals surface area contributed by atoms with E-state index < -0.39 is 5.97 Å². The molecule has 0 aliphatic heterocycles. The van der Waals surface area contributed by atoms with Crippen molar-refractivity contribution in [1.29, 1.82) is 0 Å². The van der Waals surface area contributed by atoms with Gasteiger partial charge < -0.3 is 9.84 Å². The second-order valence-electron chi connectivity index (χ2n) is 4.73. The minimum atomic E-state index is -0.894. The third-order valence-electron chi connectivity index (χ3n) is 3.36. The van der Waals surface area contributed by atoms with Crippen molar-refractivity contribution in [2.75, 3.05) is 7.11 Å². The maximum absolute atomic E-state index is 11.2. The van der Waals surface area contributed by atoms with E-state index in [9.17, 15) is 9.59 Å². The van der Waals surface area contributed by atoms with E-state index in [4.69, 9.17) is 5.11 Å².